The van der Waals surface area contributed by atoms with Crippen LogP contribution >= 0.6 is 11.3 Å². The van der Waals surface area contributed by atoms with Gasteiger partial charge in [0.05, 0.1) is 0 Å². The number of benzene rings is 1. The molecular formula is C15H20N2O2S. The van der Waals surface area contributed by atoms with E-state index in [1.807, 2.05) is 23.6 Å². The number of aromatic nitrogens is 1. The summed E-state index contributed by atoms with van der Waals surface area (Å²) in [5.74, 6) is 0. The molecule has 0 amide bonds. The number of ether oxygens (including phenoxy) is 1. The molecule has 5 heteroatoms. The molecule has 20 heavy (non-hydrogen) atoms. The Hall–Kier alpha value is -1.43. The van der Waals surface area contributed by atoms with Gasteiger partial charge in [-0.1, -0.05) is 41.7 Å². The van der Waals surface area contributed by atoms with Crippen LogP contribution in [-0.4, -0.2) is 35.4 Å². The van der Waals surface area contributed by atoms with E-state index in [1.165, 1.54) is 16.9 Å². The highest BCUT2D eigenvalue weighted by Crippen LogP contribution is 2.13. The minimum Gasteiger partial charge on any atom is -0.467 e. The zero-order valence-corrected chi connectivity index (χ0v) is 12.3. The van der Waals surface area contributed by atoms with Crippen molar-refractivity contribution in [1.82, 2.24) is 10.3 Å². The van der Waals surface area contributed by atoms with Gasteiger partial charge < -0.3 is 15.2 Å². The number of aliphatic hydroxyl groups is 1. The molecule has 2 unspecified atom stereocenters. The Morgan fingerprint density at radius 2 is 2.15 bits per heavy atom. The van der Waals surface area contributed by atoms with Crippen LogP contribution in [0.25, 0.3) is 0 Å². The molecule has 2 rings (SSSR count). The van der Waals surface area contributed by atoms with E-state index in [1.54, 1.807) is 6.20 Å². The number of hydrogen-bond acceptors (Lipinski definition) is 5. The van der Waals surface area contributed by atoms with Gasteiger partial charge in [-0.2, -0.15) is 0 Å². The molecule has 0 spiro atoms. The summed E-state index contributed by atoms with van der Waals surface area (Å²) >= 11 is 1.43. The molecule has 2 atom stereocenters. The normalized spacial score (nSPS) is 13.9. The molecule has 0 aliphatic rings. The van der Waals surface area contributed by atoms with Crippen molar-refractivity contribution < 1.29 is 9.84 Å². The van der Waals surface area contributed by atoms with E-state index in [0.29, 0.717) is 17.8 Å². The van der Waals surface area contributed by atoms with Gasteiger partial charge in [-0.05, 0) is 18.9 Å². The Morgan fingerprint density at radius 1 is 1.35 bits per heavy atom. The lowest BCUT2D eigenvalue weighted by molar-refractivity contribution is 0.104. The average molecular weight is 292 g/mol. The van der Waals surface area contributed by atoms with Gasteiger partial charge in [0.25, 0.3) is 5.19 Å². The van der Waals surface area contributed by atoms with Crippen LogP contribution < -0.4 is 10.1 Å². The maximum Gasteiger partial charge on any atom is 0.273 e. The largest absolute Gasteiger partial charge is 0.467 e. The van der Waals surface area contributed by atoms with Crippen LogP contribution in [0.5, 0.6) is 5.19 Å². The van der Waals surface area contributed by atoms with Gasteiger partial charge in [0.2, 0.25) is 0 Å². The van der Waals surface area contributed by atoms with E-state index in [-0.39, 0.29) is 6.61 Å². The standard InChI is InChI=1S/C15H20N2O2S/c1-12(9-13-5-3-2-4-6-13)17-10-14(18)11-19-15-16-7-8-20-15/h2-8,12,14,17-18H,9-11H2,1H3. The minimum absolute atomic E-state index is 0.262. The van der Waals surface area contributed by atoms with Crippen molar-refractivity contribution in [2.75, 3.05) is 13.2 Å². The molecule has 0 aliphatic carbocycles. The molecule has 0 aliphatic heterocycles. The number of hydrogen-bond donors (Lipinski definition) is 2. The SMILES string of the molecule is CC(Cc1ccccc1)NCC(O)COc1nccs1. The molecular weight excluding hydrogens is 272 g/mol. The summed E-state index contributed by atoms with van der Waals surface area (Å²) in [4.78, 5) is 4.00. The van der Waals surface area contributed by atoms with Gasteiger partial charge in [-0.3, -0.25) is 0 Å². The zero-order valence-electron chi connectivity index (χ0n) is 11.5. The van der Waals surface area contributed by atoms with Crippen LogP contribution in [0.15, 0.2) is 41.9 Å². The first-order chi connectivity index (χ1) is 9.74. The zero-order chi connectivity index (χ0) is 14.2. The number of thiazole rings is 1. The Labute approximate surface area is 123 Å². The summed E-state index contributed by atoms with van der Waals surface area (Å²) in [6.45, 7) is 2.89. The minimum atomic E-state index is -0.530. The monoisotopic (exact) mass is 292 g/mol. The van der Waals surface area contributed by atoms with Crippen LogP contribution in [0.4, 0.5) is 0 Å². The molecule has 0 saturated heterocycles. The smallest absolute Gasteiger partial charge is 0.273 e. The van der Waals surface area contributed by atoms with Crippen LogP contribution in [0.2, 0.25) is 0 Å². The van der Waals surface area contributed by atoms with Crippen LogP contribution in [-0.2, 0) is 6.42 Å². The van der Waals surface area contributed by atoms with Crippen LogP contribution in [0.3, 0.4) is 0 Å². The van der Waals surface area contributed by atoms with Crippen molar-refractivity contribution in [3.8, 4) is 5.19 Å². The highest BCUT2D eigenvalue weighted by atomic mass is 32.1. The topological polar surface area (TPSA) is 54.4 Å². The third-order valence-electron chi connectivity index (χ3n) is 2.90. The molecule has 4 nitrogen and oxygen atoms in total. The van der Waals surface area contributed by atoms with E-state index in [4.69, 9.17) is 4.74 Å². The van der Waals surface area contributed by atoms with Gasteiger partial charge in [0.15, 0.2) is 0 Å². The van der Waals surface area contributed by atoms with Gasteiger partial charge in [-0.25, -0.2) is 4.98 Å². The van der Waals surface area contributed by atoms with Crippen molar-refractivity contribution >= 4 is 11.3 Å². The third-order valence-corrected chi connectivity index (χ3v) is 3.58. The lowest BCUT2D eigenvalue weighted by atomic mass is 10.1. The molecule has 2 aromatic rings. The average Bonchev–Trinajstić information content (AvgIpc) is 2.97. The van der Waals surface area contributed by atoms with E-state index >= 15 is 0 Å². The van der Waals surface area contributed by atoms with Gasteiger partial charge in [0, 0.05) is 24.2 Å². The van der Waals surface area contributed by atoms with Crippen LogP contribution in [0, 0.1) is 0 Å². The fourth-order valence-electron chi connectivity index (χ4n) is 1.89. The molecule has 0 radical (unpaired) electrons. The predicted octanol–water partition coefficient (Wildman–Crippen LogP) is 2.10. The number of nitrogens with one attached hydrogen (secondary N) is 1. The van der Waals surface area contributed by atoms with E-state index in [9.17, 15) is 5.11 Å². The quantitative estimate of drug-likeness (QED) is 0.782. The maximum atomic E-state index is 9.85. The van der Waals surface area contributed by atoms with E-state index in [0.717, 1.165) is 6.42 Å². The Bertz CT molecular complexity index is 476. The highest BCUT2D eigenvalue weighted by molar-refractivity contribution is 7.11. The summed E-state index contributed by atoms with van der Waals surface area (Å²) in [6.07, 6.45) is 2.10. The Kier molecular flexibility index (Phi) is 5.98. The van der Waals surface area contributed by atoms with Crippen molar-refractivity contribution in [3.05, 3.63) is 47.5 Å². The summed E-state index contributed by atoms with van der Waals surface area (Å²) < 4.78 is 5.38. The predicted molar refractivity (Wildman–Crippen MR) is 81.2 cm³/mol. The van der Waals surface area contributed by atoms with Crippen molar-refractivity contribution in [1.29, 1.82) is 0 Å². The molecule has 1 heterocycles. The van der Waals surface area contributed by atoms with Gasteiger partial charge >= 0.3 is 0 Å². The molecule has 0 fully saturated rings. The second kappa shape index (κ2) is 7.99. The molecule has 2 N–H and O–H groups in total. The fraction of sp³-hybridized carbons (Fsp3) is 0.400. The van der Waals surface area contributed by atoms with Gasteiger partial charge in [-0.15, -0.1) is 0 Å². The van der Waals surface area contributed by atoms with Crippen LogP contribution in [0.1, 0.15) is 12.5 Å². The highest BCUT2D eigenvalue weighted by Gasteiger charge is 2.09. The van der Waals surface area contributed by atoms with Gasteiger partial charge in [0.1, 0.15) is 12.7 Å². The lowest BCUT2D eigenvalue weighted by Gasteiger charge is -2.17. The summed E-state index contributed by atoms with van der Waals surface area (Å²) in [6, 6.07) is 10.6. The molecule has 1 aromatic heterocycles. The maximum absolute atomic E-state index is 9.85. The Balaban J connectivity index is 1.64. The van der Waals surface area contributed by atoms with E-state index in [2.05, 4.69) is 29.4 Å². The van der Waals surface area contributed by atoms with Crippen molar-refractivity contribution in [2.45, 2.75) is 25.5 Å². The Morgan fingerprint density at radius 3 is 2.85 bits per heavy atom. The van der Waals surface area contributed by atoms with E-state index < -0.39 is 6.10 Å². The third kappa shape index (κ3) is 5.28. The first-order valence-corrected chi connectivity index (χ1v) is 7.59. The van der Waals surface area contributed by atoms with Crippen molar-refractivity contribution in [2.24, 2.45) is 0 Å². The summed E-state index contributed by atoms with van der Waals surface area (Å²) in [7, 11) is 0. The molecule has 0 bridgehead atoms. The molecule has 0 saturated carbocycles. The molecule has 1 aromatic carbocycles. The fourth-order valence-corrected chi connectivity index (χ4v) is 2.38. The molecule has 108 valence electrons. The lowest BCUT2D eigenvalue weighted by Crippen LogP contribution is -2.37. The number of nitrogens with zero attached hydrogens (tertiary/aromatic N) is 1. The second-order valence-corrected chi connectivity index (χ2v) is 5.62. The first kappa shape index (κ1) is 15.0. The second-order valence-electron chi connectivity index (χ2n) is 4.76. The summed E-state index contributed by atoms with van der Waals surface area (Å²) in [5.41, 5.74) is 1.29. The van der Waals surface area contributed by atoms with Crippen molar-refractivity contribution in [3.63, 3.8) is 0 Å². The summed E-state index contributed by atoms with van der Waals surface area (Å²) in [5, 5.41) is 15.6. The number of rotatable bonds is 8. The number of aliphatic hydroxyl groups excluding tert-OH is 1. The first-order valence-electron chi connectivity index (χ1n) is 6.71.